The van der Waals surface area contributed by atoms with Crippen molar-refractivity contribution in [2.75, 3.05) is 32.1 Å². The molecule has 0 saturated heterocycles. The van der Waals surface area contributed by atoms with E-state index in [0.29, 0.717) is 23.7 Å². The number of benzene rings is 1. The first-order chi connectivity index (χ1) is 9.08. The Bertz CT molecular complexity index is 424. The minimum atomic E-state index is -0.124. The Hall–Kier alpha value is -1.26. The highest BCUT2D eigenvalue weighted by atomic mass is 35.5. The fourth-order valence-electron chi connectivity index (χ4n) is 1.75. The summed E-state index contributed by atoms with van der Waals surface area (Å²) >= 11 is 5.95. The minimum absolute atomic E-state index is 0.124. The van der Waals surface area contributed by atoms with Crippen molar-refractivity contribution in [1.29, 1.82) is 0 Å². The predicted octanol–water partition coefficient (Wildman–Crippen LogP) is 2.78. The summed E-state index contributed by atoms with van der Waals surface area (Å²) in [5.74, 6) is 0.150. The van der Waals surface area contributed by atoms with Crippen molar-refractivity contribution in [1.82, 2.24) is 5.32 Å². The lowest BCUT2D eigenvalue weighted by Gasteiger charge is -2.14. The van der Waals surface area contributed by atoms with Crippen molar-refractivity contribution in [3.8, 4) is 0 Å². The number of hydrogen-bond donors (Lipinski definition) is 2. The summed E-state index contributed by atoms with van der Waals surface area (Å²) in [6.07, 6.45) is 0. The van der Waals surface area contributed by atoms with E-state index >= 15 is 0 Å². The van der Waals surface area contributed by atoms with E-state index in [1.807, 2.05) is 19.9 Å². The average molecular weight is 285 g/mol. The van der Waals surface area contributed by atoms with Crippen LogP contribution < -0.4 is 10.6 Å². The molecule has 106 valence electrons. The number of rotatable bonds is 7. The van der Waals surface area contributed by atoms with Crippen LogP contribution in [-0.4, -0.2) is 32.7 Å². The number of hydrogen-bond acceptors (Lipinski definition) is 3. The summed E-state index contributed by atoms with van der Waals surface area (Å²) in [7, 11) is 1.65. The molecule has 4 nitrogen and oxygen atoms in total. The number of amides is 1. The molecule has 0 heterocycles. The molecular formula is C14H21ClN2O2. The molecule has 1 atom stereocenters. The first-order valence-corrected chi connectivity index (χ1v) is 6.76. The minimum Gasteiger partial charge on any atom is -0.385 e. The molecule has 0 aliphatic carbocycles. The number of carbonyl (C=O) groups is 1. The Balaban J connectivity index is 2.72. The van der Waals surface area contributed by atoms with Gasteiger partial charge in [0.2, 0.25) is 0 Å². The summed E-state index contributed by atoms with van der Waals surface area (Å²) in [5.41, 5.74) is 1.36. The second-order valence-electron chi connectivity index (χ2n) is 4.49. The van der Waals surface area contributed by atoms with E-state index in [4.69, 9.17) is 16.3 Å². The van der Waals surface area contributed by atoms with Gasteiger partial charge >= 0.3 is 0 Å². The SMILES string of the molecule is CCNc1ccc(Cl)cc1C(=O)NCC(C)COC. The molecule has 1 aromatic carbocycles. The molecule has 1 amide bonds. The third kappa shape index (κ3) is 5.09. The second kappa shape index (κ2) is 8.02. The predicted molar refractivity (Wildman–Crippen MR) is 79.0 cm³/mol. The van der Waals surface area contributed by atoms with Gasteiger partial charge in [-0.2, -0.15) is 0 Å². The quantitative estimate of drug-likeness (QED) is 0.809. The first kappa shape index (κ1) is 15.8. The number of methoxy groups -OCH3 is 1. The first-order valence-electron chi connectivity index (χ1n) is 6.39. The van der Waals surface area contributed by atoms with Crippen molar-refractivity contribution < 1.29 is 9.53 Å². The van der Waals surface area contributed by atoms with Crippen LogP contribution in [0.15, 0.2) is 18.2 Å². The highest BCUT2D eigenvalue weighted by Crippen LogP contribution is 2.20. The van der Waals surface area contributed by atoms with Crippen LogP contribution in [0.5, 0.6) is 0 Å². The summed E-state index contributed by atoms with van der Waals surface area (Å²) in [6, 6.07) is 5.26. The lowest BCUT2D eigenvalue weighted by Crippen LogP contribution is -2.30. The van der Waals surface area contributed by atoms with E-state index < -0.39 is 0 Å². The van der Waals surface area contributed by atoms with Crippen molar-refractivity contribution in [3.63, 3.8) is 0 Å². The largest absolute Gasteiger partial charge is 0.385 e. The van der Waals surface area contributed by atoms with E-state index in [0.717, 1.165) is 12.2 Å². The van der Waals surface area contributed by atoms with Crippen LogP contribution in [0, 0.1) is 5.92 Å². The van der Waals surface area contributed by atoms with Gasteiger partial charge in [0.1, 0.15) is 0 Å². The van der Waals surface area contributed by atoms with E-state index in [1.165, 1.54) is 0 Å². The molecular weight excluding hydrogens is 264 g/mol. The Labute approximate surface area is 119 Å². The molecule has 0 spiro atoms. The zero-order valence-electron chi connectivity index (χ0n) is 11.6. The van der Waals surface area contributed by atoms with Crippen molar-refractivity contribution in [2.24, 2.45) is 5.92 Å². The average Bonchev–Trinajstić information content (AvgIpc) is 2.38. The molecule has 0 bridgehead atoms. The third-order valence-corrected chi connectivity index (χ3v) is 2.89. The molecule has 1 unspecified atom stereocenters. The van der Waals surface area contributed by atoms with Crippen molar-refractivity contribution in [2.45, 2.75) is 13.8 Å². The topological polar surface area (TPSA) is 50.4 Å². The standard InChI is InChI=1S/C14H21ClN2O2/c1-4-16-13-6-5-11(15)7-12(13)14(18)17-8-10(2)9-19-3/h5-7,10,16H,4,8-9H2,1-3H3,(H,17,18). The summed E-state index contributed by atoms with van der Waals surface area (Å²) in [5, 5.41) is 6.60. The molecule has 1 aromatic rings. The molecule has 2 N–H and O–H groups in total. The fraction of sp³-hybridized carbons (Fsp3) is 0.500. The number of anilines is 1. The van der Waals surface area contributed by atoms with Gasteiger partial charge in [-0.05, 0) is 31.0 Å². The third-order valence-electron chi connectivity index (χ3n) is 2.66. The van der Waals surface area contributed by atoms with Crippen molar-refractivity contribution >= 4 is 23.2 Å². The fourth-order valence-corrected chi connectivity index (χ4v) is 1.93. The van der Waals surface area contributed by atoms with Gasteiger partial charge in [0.05, 0.1) is 12.2 Å². The molecule has 0 radical (unpaired) electrons. The molecule has 5 heteroatoms. The van der Waals surface area contributed by atoms with Crippen LogP contribution in [0.2, 0.25) is 5.02 Å². The van der Waals surface area contributed by atoms with Crippen LogP contribution in [-0.2, 0) is 4.74 Å². The summed E-state index contributed by atoms with van der Waals surface area (Å²) in [6.45, 7) is 5.95. The van der Waals surface area contributed by atoms with Gasteiger partial charge in [0.15, 0.2) is 0 Å². The lowest BCUT2D eigenvalue weighted by atomic mass is 10.1. The Morgan fingerprint density at radius 1 is 1.47 bits per heavy atom. The highest BCUT2D eigenvalue weighted by Gasteiger charge is 2.12. The number of carbonyl (C=O) groups excluding carboxylic acids is 1. The monoisotopic (exact) mass is 284 g/mol. The highest BCUT2D eigenvalue weighted by molar-refractivity contribution is 6.31. The molecule has 0 aliphatic rings. The maximum Gasteiger partial charge on any atom is 0.253 e. The zero-order chi connectivity index (χ0) is 14.3. The molecule has 0 aromatic heterocycles. The van der Waals surface area contributed by atoms with Gasteiger partial charge in [0.25, 0.3) is 5.91 Å². The van der Waals surface area contributed by atoms with E-state index in [9.17, 15) is 4.79 Å². The molecule has 1 rings (SSSR count). The maximum absolute atomic E-state index is 12.2. The van der Waals surface area contributed by atoms with E-state index in [2.05, 4.69) is 10.6 Å². The Morgan fingerprint density at radius 3 is 2.84 bits per heavy atom. The normalized spacial score (nSPS) is 12.0. The van der Waals surface area contributed by atoms with E-state index in [1.54, 1.807) is 19.2 Å². The second-order valence-corrected chi connectivity index (χ2v) is 4.93. The lowest BCUT2D eigenvalue weighted by molar-refractivity contribution is 0.0935. The molecule has 0 aliphatic heterocycles. The number of halogens is 1. The van der Waals surface area contributed by atoms with Crippen LogP contribution in [0.4, 0.5) is 5.69 Å². The van der Waals surface area contributed by atoms with Crippen LogP contribution in [0.3, 0.4) is 0 Å². The van der Waals surface area contributed by atoms with Crippen molar-refractivity contribution in [3.05, 3.63) is 28.8 Å². The zero-order valence-corrected chi connectivity index (χ0v) is 12.4. The van der Waals surface area contributed by atoms with Gasteiger partial charge in [-0.25, -0.2) is 0 Å². The maximum atomic E-state index is 12.2. The Kier molecular flexibility index (Phi) is 6.67. The summed E-state index contributed by atoms with van der Waals surface area (Å²) < 4.78 is 5.04. The summed E-state index contributed by atoms with van der Waals surface area (Å²) in [4.78, 5) is 12.2. The van der Waals surface area contributed by atoms with Gasteiger partial charge in [0, 0.05) is 30.9 Å². The smallest absolute Gasteiger partial charge is 0.253 e. The van der Waals surface area contributed by atoms with Crippen LogP contribution >= 0.6 is 11.6 Å². The number of nitrogens with one attached hydrogen (secondary N) is 2. The van der Waals surface area contributed by atoms with Crippen LogP contribution in [0.1, 0.15) is 24.2 Å². The van der Waals surface area contributed by atoms with Gasteiger partial charge < -0.3 is 15.4 Å². The van der Waals surface area contributed by atoms with Crippen LogP contribution in [0.25, 0.3) is 0 Å². The van der Waals surface area contributed by atoms with Gasteiger partial charge in [-0.15, -0.1) is 0 Å². The van der Waals surface area contributed by atoms with Gasteiger partial charge in [-0.3, -0.25) is 4.79 Å². The van der Waals surface area contributed by atoms with E-state index in [-0.39, 0.29) is 11.8 Å². The molecule has 0 saturated carbocycles. The molecule has 19 heavy (non-hydrogen) atoms. The molecule has 0 fully saturated rings. The Morgan fingerprint density at radius 2 is 2.21 bits per heavy atom. The number of ether oxygens (including phenoxy) is 1. The van der Waals surface area contributed by atoms with Gasteiger partial charge in [-0.1, -0.05) is 18.5 Å².